The minimum atomic E-state index is -0.161. The maximum absolute atomic E-state index is 11.2. The first kappa shape index (κ1) is 12.1. The van der Waals surface area contributed by atoms with Gasteiger partial charge >= 0.3 is 0 Å². The lowest BCUT2D eigenvalue weighted by Gasteiger charge is -2.01. The van der Waals surface area contributed by atoms with Gasteiger partial charge in [0, 0.05) is 18.3 Å². The maximum atomic E-state index is 11.2. The second-order valence-electron chi connectivity index (χ2n) is 3.94. The van der Waals surface area contributed by atoms with Gasteiger partial charge in [-0.2, -0.15) is 4.98 Å². The van der Waals surface area contributed by atoms with E-state index in [-0.39, 0.29) is 12.3 Å². The lowest BCUT2D eigenvalue weighted by atomic mass is 10.1. The van der Waals surface area contributed by atoms with Crippen molar-refractivity contribution in [1.29, 1.82) is 0 Å². The Morgan fingerprint density at radius 3 is 3.00 bits per heavy atom. The third kappa shape index (κ3) is 2.48. The Kier molecular flexibility index (Phi) is 3.27. The van der Waals surface area contributed by atoms with Gasteiger partial charge in [-0.1, -0.05) is 11.2 Å². The number of rotatable bonds is 3. The number of hydrogen-bond donors (Lipinski definition) is 2. The quantitative estimate of drug-likeness (QED) is 0.785. The SMILES string of the molecule is CNC(=O)Cc1noc(-c2cc(N)ccc2C)n1. The Labute approximate surface area is 104 Å². The molecule has 1 aromatic heterocycles. The van der Waals surface area contributed by atoms with Crippen LogP contribution in [0.2, 0.25) is 0 Å². The fourth-order valence-electron chi connectivity index (χ4n) is 1.54. The molecular weight excluding hydrogens is 232 g/mol. The Balaban J connectivity index is 2.29. The number of amides is 1. The molecule has 6 nitrogen and oxygen atoms in total. The summed E-state index contributed by atoms with van der Waals surface area (Å²) in [5.74, 6) is 0.566. The summed E-state index contributed by atoms with van der Waals surface area (Å²) in [4.78, 5) is 15.4. The van der Waals surface area contributed by atoms with E-state index in [0.29, 0.717) is 17.4 Å². The number of anilines is 1. The minimum absolute atomic E-state index is 0.0986. The number of likely N-dealkylation sites (N-methyl/N-ethyl adjacent to an activating group) is 1. The van der Waals surface area contributed by atoms with Crippen molar-refractivity contribution in [1.82, 2.24) is 15.5 Å². The van der Waals surface area contributed by atoms with Crippen LogP contribution in [0.3, 0.4) is 0 Å². The summed E-state index contributed by atoms with van der Waals surface area (Å²) in [7, 11) is 1.56. The van der Waals surface area contributed by atoms with Crippen LogP contribution in [0.1, 0.15) is 11.4 Å². The van der Waals surface area contributed by atoms with Gasteiger partial charge < -0.3 is 15.6 Å². The molecule has 0 aliphatic rings. The Morgan fingerprint density at radius 2 is 2.28 bits per heavy atom. The molecular formula is C12H14N4O2. The summed E-state index contributed by atoms with van der Waals surface area (Å²) in [5.41, 5.74) is 8.11. The van der Waals surface area contributed by atoms with Crippen molar-refractivity contribution < 1.29 is 9.32 Å². The summed E-state index contributed by atoms with van der Waals surface area (Å²) in [6, 6.07) is 5.46. The zero-order valence-corrected chi connectivity index (χ0v) is 10.2. The molecule has 0 aliphatic heterocycles. The first-order chi connectivity index (χ1) is 8.60. The van der Waals surface area contributed by atoms with E-state index in [9.17, 15) is 4.79 Å². The number of hydrogen-bond acceptors (Lipinski definition) is 5. The van der Waals surface area contributed by atoms with Crippen LogP contribution < -0.4 is 11.1 Å². The van der Waals surface area contributed by atoms with Gasteiger partial charge in [-0.25, -0.2) is 0 Å². The Hall–Kier alpha value is -2.37. The van der Waals surface area contributed by atoms with Crippen LogP contribution in [-0.4, -0.2) is 23.1 Å². The van der Waals surface area contributed by atoms with Crippen LogP contribution in [0.5, 0.6) is 0 Å². The first-order valence-corrected chi connectivity index (χ1v) is 5.50. The summed E-state index contributed by atoms with van der Waals surface area (Å²) in [6.45, 7) is 1.93. The predicted molar refractivity (Wildman–Crippen MR) is 66.7 cm³/mol. The van der Waals surface area contributed by atoms with Crippen molar-refractivity contribution in [2.75, 3.05) is 12.8 Å². The molecule has 0 saturated carbocycles. The smallest absolute Gasteiger partial charge is 0.258 e. The zero-order valence-electron chi connectivity index (χ0n) is 10.2. The molecule has 0 saturated heterocycles. The van der Waals surface area contributed by atoms with E-state index in [1.165, 1.54) is 0 Å². The third-order valence-corrected chi connectivity index (χ3v) is 2.56. The lowest BCUT2D eigenvalue weighted by Crippen LogP contribution is -2.20. The number of carbonyl (C=O) groups is 1. The number of nitrogen functional groups attached to an aromatic ring is 1. The van der Waals surface area contributed by atoms with Crippen LogP contribution in [0.4, 0.5) is 5.69 Å². The van der Waals surface area contributed by atoms with Gasteiger partial charge in [0.05, 0.1) is 6.42 Å². The molecule has 18 heavy (non-hydrogen) atoms. The van der Waals surface area contributed by atoms with Crippen molar-refractivity contribution in [2.24, 2.45) is 0 Å². The van der Waals surface area contributed by atoms with E-state index in [2.05, 4.69) is 15.5 Å². The first-order valence-electron chi connectivity index (χ1n) is 5.50. The fraction of sp³-hybridized carbons (Fsp3) is 0.250. The molecule has 1 heterocycles. The third-order valence-electron chi connectivity index (χ3n) is 2.56. The van der Waals surface area contributed by atoms with Gasteiger partial charge in [0.2, 0.25) is 5.91 Å². The molecule has 0 bridgehead atoms. The summed E-state index contributed by atoms with van der Waals surface area (Å²) < 4.78 is 5.14. The highest BCUT2D eigenvalue weighted by molar-refractivity contribution is 5.77. The number of aryl methyl sites for hydroxylation is 1. The standard InChI is InChI=1S/C12H14N4O2/c1-7-3-4-8(13)5-9(7)12-15-10(16-18-12)6-11(17)14-2/h3-5H,6,13H2,1-2H3,(H,14,17). The molecule has 0 spiro atoms. The number of nitrogens with one attached hydrogen (secondary N) is 1. The molecule has 1 aromatic carbocycles. The van der Waals surface area contributed by atoms with Gasteiger partial charge in [-0.3, -0.25) is 4.79 Å². The van der Waals surface area contributed by atoms with Crippen molar-refractivity contribution in [3.05, 3.63) is 29.6 Å². The molecule has 0 unspecified atom stereocenters. The highest BCUT2D eigenvalue weighted by Crippen LogP contribution is 2.23. The van der Waals surface area contributed by atoms with Crippen LogP contribution >= 0.6 is 0 Å². The normalized spacial score (nSPS) is 10.3. The van der Waals surface area contributed by atoms with E-state index < -0.39 is 0 Å². The van der Waals surface area contributed by atoms with Crippen molar-refractivity contribution in [3.8, 4) is 11.5 Å². The highest BCUT2D eigenvalue weighted by Gasteiger charge is 2.13. The van der Waals surface area contributed by atoms with Crippen molar-refractivity contribution in [3.63, 3.8) is 0 Å². The summed E-state index contributed by atoms with van der Waals surface area (Å²) >= 11 is 0. The van der Waals surface area contributed by atoms with E-state index in [1.807, 2.05) is 13.0 Å². The van der Waals surface area contributed by atoms with Gasteiger partial charge in [0.25, 0.3) is 5.89 Å². The second-order valence-corrected chi connectivity index (χ2v) is 3.94. The number of nitrogens with two attached hydrogens (primary N) is 1. The average molecular weight is 246 g/mol. The molecule has 0 radical (unpaired) electrons. The Bertz CT molecular complexity index is 577. The molecule has 0 aliphatic carbocycles. The summed E-state index contributed by atoms with van der Waals surface area (Å²) in [5, 5.41) is 6.27. The number of benzene rings is 1. The lowest BCUT2D eigenvalue weighted by molar-refractivity contribution is -0.120. The van der Waals surface area contributed by atoms with Gasteiger partial charge in [0.15, 0.2) is 5.82 Å². The molecule has 1 amide bonds. The fourth-order valence-corrected chi connectivity index (χ4v) is 1.54. The molecule has 2 rings (SSSR count). The molecule has 3 N–H and O–H groups in total. The van der Waals surface area contributed by atoms with Crippen LogP contribution in [0.25, 0.3) is 11.5 Å². The zero-order chi connectivity index (χ0) is 13.1. The van der Waals surface area contributed by atoms with Crippen LogP contribution in [0.15, 0.2) is 22.7 Å². The number of aromatic nitrogens is 2. The largest absolute Gasteiger partial charge is 0.399 e. The Morgan fingerprint density at radius 1 is 1.50 bits per heavy atom. The van der Waals surface area contributed by atoms with Crippen LogP contribution in [0, 0.1) is 6.92 Å². The van der Waals surface area contributed by atoms with Gasteiger partial charge in [-0.15, -0.1) is 0 Å². The maximum Gasteiger partial charge on any atom is 0.258 e. The summed E-state index contributed by atoms with van der Waals surface area (Å²) in [6.07, 6.45) is 0.0986. The van der Waals surface area contributed by atoms with Crippen LogP contribution in [-0.2, 0) is 11.2 Å². The van der Waals surface area contributed by atoms with E-state index in [0.717, 1.165) is 11.1 Å². The molecule has 94 valence electrons. The molecule has 0 atom stereocenters. The topological polar surface area (TPSA) is 94.0 Å². The minimum Gasteiger partial charge on any atom is -0.399 e. The molecule has 2 aromatic rings. The number of nitrogens with zero attached hydrogens (tertiary/aromatic N) is 2. The van der Waals surface area contributed by atoms with Crippen molar-refractivity contribution >= 4 is 11.6 Å². The van der Waals surface area contributed by atoms with Gasteiger partial charge in [-0.05, 0) is 24.6 Å². The predicted octanol–water partition coefficient (Wildman–Crippen LogP) is 0.916. The average Bonchev–Trinajstić information content (AvgIpc) is 2.80. The number of carbonyl (C=O) groups excluding carboxylic acids is 1. The molecule has 6 heteroatoms. The highest BCUT2D eigenvalue weighted by atomic mass is 16.5. The van der Waals surface area contributed by atoms with E-state index in [1.54, 1.807) is 19.2 Å². The molecule has 0 fully saturated rings. The monoisotopic (exact) mass is 246 g/mol. The van der Waals surface area contributed by atoms with E-state index in [4.69, 9.17) is 10.3 Å². The second kappa shape index (κ2) is 4.87. The van der Waals surface area contributed by atoms with Gasteiger partial charge in [0.1, 0.15) is 0 Å². The van der Waals surface area contributed by atoms with Crippen molar-refractivity contribution in [2.45, 2.75) is 13.3 Å². The van der Waals surface area contributed by atoms with E-state index >= 15 is 0 Å².